The van der Waals surface area contributed by atoms with Crippen molar-refractivity contribution < 1.29 is 32.2 Å². The number of carbonyl (C=O) groups excluding carboxylic acids is 1. The van der Waals surface area contributed by atoms with E-state index in [1.165, 1.54) is 12.1 Å². The summed E-state index contributed by atoms with van der Waals surface area (Å²) in [6.45, 7) is 3.98. The van der Waals surface area contributed by atoms with E-state index >= 15 is 0 Å². The highest BCUT2D eigenvalue weighted by atomic mass is 32.1. The van der Waals surface area contributed by atoms with Crippen molar-refractivity contribution >= 4 is 28.8 Å². The van der Waals surface area contributed by atoms with E-state index in [4.69, 9.17) is 26.4 Å². The number of nitrogens with one attached hydrogen (secondary N) is 3. The summed E-state index contributed by atoms with van der Waals surface area (Å²) in [5, 5.41) is 8.92. The minimum atomic E-state index is -2.75. The van der Waals surface area contributed by atoms with Crippen molar-refractivity contribution in [1.82, 2.24) is 15.6 Å². The summed E-state index contributed by atoms with van der Waals surface area (Å²) in [5.41, 5.74) is 1.42. The van der Waals surface area contributed by atoms with E-state index in [-0.39, 0.29) is 34.0 Å². The first kappa shape index (κ1) is 27.8. The van der Waals surface area contributed by atoms with Gasteiger partial charge in [0.1, 0.15) is 29.3 Å². The third kappa shape index (κ3) is 7.21. The third-order valence-corrected chi connectivity index (χ3v) is 6.35. The van der Waals surface area contributed by atoms with E-state index in [2.05, 4.69) is 20.9 Å². The molecule has 4 rings (SSSR count). The highest BCUT2D eigenvalue weighted by molar-refractivity contribution is 7.81. The standard InChI is InChI=1S/C26H29F3N4O4S/c1-15-9-21(31-11-16-5-6-30-12-22(16)37-14-17-13-35-7-8-36-17)24(25(34)32-15)26(38)33-20-4-2-3-19(27)18(20)10-23(28)29/h2-6,12,15,17,23,31H,7-11,13-14H2,1H3,(H,32,34)(H,33,38). The SMILES string of the molecule is CC1CC(NCc2ccncc2OCC2COCCO2)=C(C(=S)Nc2cccc(F)c2CC(F)F)C(=O)N1. The average Bonchev–Trinajstić information content (AvgIpc) is 2.88. The van der Waals surface area contributed by atoms with E-state index in [9.17, 15) is 18.0 Å². The van der Waals surface area contributed by atoms with Crippen molar-refractivity contribution in [3.8, 4) is 5.75 Å². The van der Waals surface area contributed by atoms with Crippen LogP contribution in [0.3, 0.4) is 0 Å². The average molecular weight is 551 g/mol. The number of aromatic nitrogens is 1. The Morgan fingerprint density at radius 3 is 2.92 bits per heavy atom. The molecule has 2 unspecified atom stereocenters. The molecule has 1 aromatic carbocycles. The molecule has 38 heavy (non-hydrogen) atoms. The molecule has 2 aromatic rings. The lowest BCUT2D eigenvalue weighted by Gasteiger charge is -2.28. The number of carbonyl (C=O) groups is 1. The molecule has 1 amide bonds. The van der Waals surface area contributed by atoms with Crippen molar-refractivity contribution in [1.29, 1.82) is 0 Å². The molecule has 0 bridgehead atoms. The van der Waals surface area contributed by atoms with Crippen molar-refractivity contribution in [2.75, 3.05) is 31.7 Å². The molecule has 8 nitrogen and oxygen atoms in total. The second-order valence-electron chi connectivity index (χ2n) is 8.96. The Bertz CT molecular complexity index is 1190. The number of halogens is 3. The largest absolute Gasteiger partial charge is 0.489 e. The molecule has 2 aliphatic heterocycles. The summed E-state index contributed by atoms with van der Waals surface area (Å²) < 4.78 is 57.4. The van der Waals surface area contributed by atoms with Crippen LogP contribution >= 0.6 is 12.2 Å². The molecule has 3 heterocycles. The van der Waals surface area contributed by atoms with Crippen molar-refractivity contribution in [2.24, 2.45) is 0 Å². The summed E-state index contributed by atoms with van der Waals surface area (Å²) in [7, 11) is 0. The smallest absolute Gasteiger partial charge is 0.256 e. The minimum Gasteiger partial charge on any atom is -0.489 e. The summed E-state index contributed by atoms with van der Waals surface area (Å²) >= 11 is 5.50. The zero-order valence-electron chi connectivity index (χ0n) is 20.8. The van der Waals surface area contributed by atoms with Crippen LogP contribution in [0.15, 0.2) is 47.9 Å². The Balaban J connectivity index is 1.51. The maximum absolute atomic E-state index is 14.3. The van der Waals surface area contributed by atoms with Gasteiger partial charge in [0, 0.05) is 54.1 Å². The number of benzene rings is 1. The lowest BCUT2D eigenvalue weighted by Crippen LogP contribution is -2.44. The van der Waals surface area contributed by atoms with E-state index < -0.39 is 24.6 Å². The topological polar surface area (TPSA) is 93.7 Å². The number of rotatable bonds is 10. The maximum Gasteiger partial charge on any atom is 0.256 e. The van der Waals surface area contributed by atoms with Gasteiger partial charge in [-0.15, -0.1) is 0 Å². The van der Waals surface area contributed by atoms with Crippen molar-refractivity contribution in [2.45, 2.75) is 44.9 Å². The van der Waals surface area contributed by atoms with E-state index in [1.54, 1.807) is 18.5 Å². The lowest BCUT2D eigenvalue weighted by molar-refractivity contribution is -0.118. The highest BCUT2D eigenvalue weighted by Gasteiger charge is 2.28. The number of pyridine rings is 1. The fourth-order valence-electron chi connectivity index (χ4n) is 4.22. The molecule has 2 atom stereocenters. The van der Waals surface area contributed by atoms with Crippen LogP contribution in [-0.4, -0.2) is 60.9 Å². The first-order valence-corrected chi connectivity index (χ1v) is 12.6. The van der Waals surface area contributed by atoms with Crippen LogP contribution in [0.5, 0.6) is 5.75 Å². The molecule has 0 radical (unpaired) electrons. The number of nitrogens with zero attached hydrogens (tertiary/aromatic N) is 1. The van der Waals surface area contributed by atoms with Crippen LogP contribution in [0.2, 0.25) is 0 Å². The van der Waals surface area contributed by atoms with Gasteiger partial charge in [0.05, 0.1) is 31.6 Å². The molecular formula is C26H29F3N4O4S. The minimum absolute atomic E-state index is 0.00124. The molecule has 3 N–H and O–H groups in total. The lowest BCUT2D eigenvalue weighted by atomic mass is 10.0. The summed E-state index contributed by atoms with van der Waals surface area (Å²) in [4.78, 5) is 17.1. The van der Waals surface area contributed by atoms with E-state index in [0.717, 1.165) is 11.6 Å². The van der Waals surface area contributed by atoms with Crippen molar-refractivity contribution in [3.05, 3.63) is 64.9 Å². The van der Waals surface area contributed by atoms with E-state index in [1.807, 2.05) is 6.92 Å². The van der Waals surface area contributed by atoms with Gasteiger partial charge in [-0.25, -0.2) is 13.2 Å². The number of alkyl halides is 2. The number of amides is 1. The normalized spacial score (nSPS) is 19.8. The van der Waals surface area contributed by atoms with Crippen LogP contribution < -0.4 is 20.7 Å². The maximum atomic E-state index is 14.3. The fraction of sp³-hybridized carbons (Fsp3) is 0.423. The molecule has 0 aliphatic carbocycles. The van der Waals surface area contributed by atoms with Gasteiger partial charge in [-0.3, -0.25) is 9.78 Å². The summed E-state index contributed by atoms with van der Waals surface area (Å²) in [5.74, 6) is -0.638. The van der Waals surface area contributed by atoms with Gasteiger partial charge in [0.15, 0.2) is 0 Å². The third-order valence-electron chi connectivity index (χ3n) is 6.04. The molecule has 1 saturated heterocycles. The number of ether oxygens (including phenoxy) is 3. The van der Waals surface area contributed by atoms with Gasteiger partial charge >= 0.3 is 0 Å². The van der Waals surface area contributed by atoms with Gasteiger partial charge in [-0.05, 0) is 25.1 Å². The van der Waals surface area contributed by atoms with Gasteiger partial charge in [-0.2, -0.15) is 0 Å². The second-order valence-corrected chi connectivity index (χ2v) is 9.37. The summed E-state index contributed by atoms with van der Waals surface area (Å²) in [6.07, 6.45) is -0.0185. The van der Waals surface area contributed by atoms with Crippen LogP contribution in [0.25, 0.3) is 0 Å². The van der Waals surface area contributed by atoms with E-state index in [0.29, 0.717) is 50.8 Å². The molecule has 0 spiro atoms. The first-order valence-electron chi connectivity index (χ1n) is 12.2. The number of thiocarbonyl (C=S) groups is 1. The van der Waals surface area contributed by atoms with Gasteiger partial charge in [0.25, 0.3) is 5.91 Å². The Morgan fingerprint density at radius 2 is 2.16 bits per heavy atom. The fourth-order valence-corrected chi connectivity index (χ4v) is 4.54. The second kappa shape index (κ2) is 13.0. The van der Waals surface area contributed by atoms with Crippen molar-refractivity contribution in [3.63, 3.8) is 0 Å². The van der Waals surface area contributed by atoms with Crippen LogP contribution in [0, 0.1) is 5.82 Å². The molecule has 1 aromatic heterocycles. The Hall–Kier alpha value is -3.22. The molecular weight excluding hydrogens is 521 g/mol. The first-order chi connectivity index (χ1) is 18.3. The Labute approximate surface area is 223 Å². The van der Waals surface area contributed by atoms with Gasteiger partial charge in [0.2, 0.25) is 6.43 Å². The molecule has 0 saturated carbocycles. The predicted molar refractivity (Wildman–Crippen MR) is 139 cm³/mol. The summed E-state index contributed by atoms with van der Waals surface area (Å²) in [6, 6.07) is 5.58. The number of anilines is 1. The highest BCUT2D eigenvalue weighted by Crippen LogP contribution is 2.25. The zero-order chi connectivity index (χ0) is 27.1. The Morgan fingerprint density at radius 1 is 1.32 bits per heavy atom. The monoisotopic (exact) mass is 550 g/mol. The molecule has 204 valence electrons. The molecule has 12 heteroatoms. The quantitative estimate of drug-likeness (QED) is 0.387. The zero-order valence-corrected chi connectivity index (χ0v) is 21.6. The van der Waals surface area contributed by atoms with Gasteiger partial charge < -0.3 is 30.2 Å². The van der Waals surface area contributed by atoms with Crippen LogP contribution in [-0.2, 0) is 27.2 Å². The van der Waals surface area contributed by atoms with Crippen LogP contribution in [0.4, 0.5) is 18.9 Å². The number of hydrogen-bond donors (Lipinski definition) is 3. The van der Waals surface area contributed by atoms with Gasteiger partial charge in [-0.1, -0.05) is 18.3 Å². The molecule has 1 fully saturated rings. The number of hydrogen-bond acceptors (Lipinski definition) is 7. The molecule has 2 aliphatic rings. The Kier molecular flexibility index (Phi) is 9.53. The predicted octanol–water partition coefficient (Wildman–Crippen LogP) is 3.51. The van der Waals surface area contributed by atoms with Crippen LogP contribution in [0.1, 0.15) is 24.5 Å².